The van der Waals surface area contributed by atoms with Crippen molar-refractivity contribution in [2.45, 2.75) is 52.9 Å². The lowest BCUT2D eigenvalue weighted by molar-refractivity contribution is -0.116. The Morgan fingerprint density at radius 2 is 1.94 bits per heavy atom. The lowest BCUT2D eigenvalue weighted by atomic mass is 9.95. The third-order valence-corrected chi connectivity index (χ3v) is 2.92. The Morgan fingerprint density at radius 1 is 1.19 bits per heavy atom. The first-order chi connectivity index (χ1) is 7.67. The zero-order chi connectivity index (χ0) is 12.0. The minimum Gasteiger partial charge on any atom is -0.300 e. The van der Waals surface area contributed by atoms with E-state index in [-0.39, 0.29) is 5.78 Å². The predicted octanol–water partition coefficient (Wildman–Crippen LogP) is 3.72. The van der Waals surface area contributed by atoms with Crippen molar-refractivity contribution in [3.63, 3.8) is 0 Å². The molecular formula is C15H22O. The van der Waals surface area contributed by atoms with Gasteiger partial charge in [-0.25, -0.2) is 0 Å². The van der Waals surface area contributed by atoms with Gasteiger partial charge in [0.2, 0.25) is 0 Å². The zero-order valence-electron chi connectivity index (χ0n) is 10.7. The van der Waals surface area contributed by atoms with Crippen molar-refractivity contribution in [3.05, 3.63) is 34.9 Å². The number of benzene rings is 1. The smallest absolute Gasteiger partial charge is 0.134 e. The number of carbonyl (C=O) groups is 1. The largest absolute Gasteiger partial charge is 0.300 e. The second-order valence-corrected chi connectivity index (χ2v) is 4.44. The van der Waals surface area contributed by atoms with E-state index in [9.17, 15) is 4.79 Å². The van der Waals surface area contributed by atoms with Crippen LogP contribution in [0.4, 0.5) is 0 Å². The third kappa shape index (κ3) is 3.80. The first kappa shape index (κ1) is 13.0. The maximum Gasteiger partial charge on any atom is 0.134 e. The van der Waals surface area contributed by atoms with Crippen LogP contribution in [0, 0.1) is 0 Å². The molecule has 1 aromatic carbocycles. The molecule has 0 atom stereocenters. The Labute approximate surface area is 98.9 Å². The van der Waals surface area contributed by atoms with Crippen molar-refractivity contribution in [1.82, 2.24) is 0 Å². The first-order valence-electron chi connectivity index (χ1n) is 6.27. The fraction of sp³-hybridized carbons (Fsp3) is 0.533. The average molecular weight is 218 g/mol. The Morgan fingerprint density at radius 3 is 2.50 bits per heavy atom. The van der Waals surface area contributed by atoms with Crippen LogP contribution in [0.15, 0.2) is 18.2 Å². The number of rotatable bonds is 6. The van der Waals surface area contributed by atoms with Crippen LogP contribution in [0.25, 0.3) is 0 Å². The van der Waals surface area contributed by atoms with Crippen molar-refractivity contribution < 1.29 is 4.79 Å². The third-order valence-electron chi connectivity index (χ3n) is 2.92. The maximum absolute atomic E-state index is 11.2. The second-order valence-electron chi connectivity index (χ2n) is 4.44. The molecule has 1 heteroatoms. The summed E-state index contributed by atoms with van der Waals surface area (Å²) in [5.74, 6) is 0.252. The van der Waals surface area contributed by atoms with Gasteiger partial charge in [0, 0.05) is 6.42 Å². The maximum atomic E-state index is 11.2. The highest BCUT2D eigenvalue weighted by Gasteiger charge is 2.05. The van der Waals surface area contributed by atoms with E-state index in [0.717, 1.165) is 12.8 Å². The number of aryl methyl sites for hydroxylation is 2. The molecular weight excluding hydrogens is 196 g/mol. The molecule has 16 heavy (non-hydrogen) atoms. The summed E-state index contributed by atoms with van der Waals surface area (Å²) in [4.78, 5) is 11.2. The summed E-state index contributed by atoms with van der Waals surface area (Å²) < 4.78 is 0. The number of carbonyl (C=O) groups excluding carboxylic acids is 1. The monoisotopic (exact) mass is 218 g/mol. The minimum absolute atomic E-state index is 0.252. The molecule has 0 bridgehead atoms. The zero-order valence-corrected chi connectivity index (χ0v) is 10.7. The van der Waals surface area contributed by atoms with Gasteiger partial charge in [-0.3, -0.25) is 4.79 Å². The quantitative estimate of drug-likeness (QED) is 0.711. The van der Waals surface area contributed by atoms with Crippen LogP contribution >= 0.6 is 0 Å². The van der Waals surface area contributed by atoms with Crippen LogP contribution in [-0.4, -0.2) is 5.78 Å². The van der Waals surface area contributed by atoms with Crippen LogP contribution in [0.5, 0.6) is 0 Å². The molecule has 0 saturated carbocycles. The van der Waals surface area contributed by atoms with Crippen molar-refractivity contribution in [2.24, 2.45) is 0 Å². The van der Waals surface area contributed by atoms with E-state index in [1.165, 1.54) is 29.5 Å². The van der Waals surface area contributed by atoms with Crippen molar-refractivity contribution in [3.8, 4) is 0 Å². The molecule has 0 aromatic heterocycles. The standard InChI is InChI=1S/C15H22O/c1-4-6-7-14-11-13(5-2)8-9-15(14)10-12(3)16/h8-9,11H,4-7,10H2,1-3H3. The average Bonchev–Trinajstić information content (AvgIpc) is 2.27. The normalized spacial score (nSPS) is 10.4. The van der Waals surface area contributed by atoms with Gasteiger partial charge >= 0.3 is 0 Å². The molecule has 1 nitrogen and oxygen atoms in total. The predicted molar refractivity (Wildman–Crippen MR) is 68.8 cm³/mol. The molecule has 88 valence electrons. The van der Waals surface area contributed by atoms with Crippen LogP contribution in [0.3, 0.4) is 0 Å². The Kier molecular flexibility index (Phi) is 5.24. The molecule has 0 saturated heterocycles. The molecule has 1 rings (SSSR count). The van der Waals surface area contributed by atoms with Gasteiger partial charge in [-0.1, -0.05) is 38.5 Å². The fourth-order valence-electron chi connectivity index (χ4n) is 1.94. The molecule has 0 spiro atoms. The molecule has 0 radical (unpaired) electrons. The summed E-state index contributed by atoms with van der Waals surface area (Å²) >= 11 is 0. The molecule has 0 N–H and O–H groups in total. The summed E-state index contributed by atoms with van der Waals surface area (Å²) in [7, 11) is 0. The highest BCUT2D eigenvalue weighted by atomic mass is 16.1. The van der Waals surface area contributed by atoms with E-state index in [0.29, 0.717) is 6.42 Å². The Balaban J connectivity index is 2.91. The Hall–Kier alpha value is -1.11. The summed E-state index contributed by atoms with van der Waals surface area (Å²) in [5, 5.41) is 0. The SMILES string of the molecule is CCCCc1cc(CC)ccc1CC(C)=O. The fourth-order valence-corrected chi connectivity index (χ4v) is 1.94. The van der Waals surface area contributed by atoms with Gasteiger partial charge in [-0.15, -0.1) is 0 Å². The molecule has 0 aliphatic carbocycles. The van der Waals surface area contributed by atoms with Gasteiger partial charge in [0.15, 0.2) is 0 Å². The van der Waals surface area contributed by atoms with E-state index in [2.05, 4.69) is 32.0 Å². The van der Waals surface area contributed by atoms with Crippen molar-refractivity contribution >= 4 is 5.78 Å². The van der Waals surface area contributed by atoms with Crippen LogP contribution in [-0.2, 0) is 24.1 Å². The molecule has 1 aromatic rings. The van der Waals surface area contributed by atoms with E-state index < -0.39 is 0 Å². The van der Waals surface area contributed by atoms with E-state index in [1.54, 1.807) is 6.92 Å². The lowest BCUT2D eigenvalue weighted by Crippen LogP contribution is -2.02. The molecule has 0 heterocycles. The van der Waals surface area contributed by atoms with E-state index >= 15 is 0 Å². The van der Waals surface area contributed by atoms with E-state index in [1.807, 2.05) is 0 Å². The summed E-state index contributed by atoms with van der Waals surface area (Å²) in [6, 6.07) is 6.55. The second kappa shape index (κ2) is 6.47. The number of hydrogen-bond donors (Lipinski definition) is 0. The lowest BCUT2D eigenvalue weighted by Gasteiger charge is -2.10. The topological polar surface area (TPSA) is 17.1 Å². The number of unbranched alkanes of at least 4 members (excludes halogenated alkanes) is 1. The molecule has 0 fully saturated rings. The number of hydrogen-bond acceptors (Lipinski definition) is 1. The van der Waals surface area contributed by atoms with Crippen LogP contribution < -0.4 is 0 Å². The van der Waals surface area contributed by atoms with Crippen LogP contribution in [0.2, 0.25) is 0 Å². The van der Waals surface area contributed by atoms with E-state index in [4.69, 9.17) is 0 Å². The minimum atomic E-state index is 0.252. The van der Waals surface area contributed by atoms with Crippen molar-refractivity contribution in [2.75, 3.05) is 0 Å². The molecule has 0 unspecified atom stereocenters. The number of Topliss-reactive ketones (excluding diaryl/α,β-unsaturated/α-hetero) is 1. The van der Waals surface area contributed by atoms with Gasteiger partial charge in [0.25, 0.3) is 0 Å². The summed E-state index contributed by atoms with van der Waals surface area (Å²) in [5.41, 5.74) is 3.97. The summed E-state index contributed by atoms with van der Waals surface area (Å²) in [6.45, 7) is 6.04. The van der Waals surface area contributed by atoms with Gasteiger partial charge in [-0.05, 0) is 42.9 Å². The molecule has 0 amide bonds. The molecule has 0 aliphatic rings. The molecule has 0 aliphatic heterocycles. The van der Waals surface area contributed by atoms with Gasteiger partial charge in [-0.2, -0.15) is 0 Å². The summed E-state index contributed by atoms with van der Waals surface area (Å²) in [6.07, 6.45) is 5.17. The Bertz CT molecular complexity index is 352. The first-order valence-corrected chi connectivity index (χ1v) is 6.27. The highest BCUT2D eigenvalue weighted by Crippen LogP contribution is 2.16. The number of ketones is 1. The van der Waals surface area contributed by atoms with Crippen LogP contribution in [0.1, 0.15) is 50.3 Å². The highest BCUT2D eigenvalue weighted by molar-refractivity contribution is 5.78. The van der Waals surface area contributed by atoms with Crippen molar-refractivity contribution in [1.29, 1.82) is 0 Å². The van der Waals surface area contributed by atoms with Gasteiger partial charge in [0.05, 0.1) is 0 Å². The van der Waals surface area contributed by atoms with Gasteiger partial charge < -0.3 is 0 Å². The van der Waals surface area contributed by atoms with Gasteiger partial charge in [0.1, 0.15) is 5.78 Å².